The molecule has 2 heterocycles. The number of morpholine rings is 1. The molecule has 1 atom stereocenters. The summed E-state index contributed by atoms with van der Waals surface area (Å²) in [5.74, 6) is 0.509. The number of amides is 1. The minimum atomic E-state index is -0.862. The normalized spacial score (nSPS) is 14.5. The van der Waals surface area contributed by atoms with Gasteiger partial charge in [0.2, 0.25) is 5.95 Å². The molecule has 2 aromatic carbocycles. The van der Waals surface area contributed by atoms with E-state index in [1.807, 2.05) is 25.1 Å². The number of rotatable bonds is 7. The van der Waals surface area contributed by atoms with Crippen LogP contribution in [-0.4, -0.2) is 48.3 Å². The second-order valence-corrected chi connectivity index (χ2v) is 7.67. The van der Waals surface area contributed by atoms with Gasteiger partial charge in [-0.3, -0.25) is 4.79 Å². The van der Waals surface area contributed by atoms with Crippen molar-refractivity contribution in [1.82, 2.24) is 9.97 Å². The first-order valence-electron chi connectivity index (χ1n) is 10.8. The van der Waals surface area contributed by atoms with Gasteiger partial charge in [-0.1, -0.05) is 12.1 Å². The van der Waals surface area contributed by atoms with Crippen molar-refractivity contribution in [3.05, 3.63) is 66.1 Å². The van der Waals surface area contributed by atoms with E-state index in [1.165, 1.54) is 12.1 Å². The fourth-order valence-corrected chi connectivity index (χ4v) is 3.36. The van der Waals surface area contributed by atoms with Crippen LogP contribution in [0.15, 0.2) is 54.6 Å². The Balaban J connectivity index is 1.37. The van der Waals surface area contributed by atoms with Crippen molar-refractivity contribution in [3.63, 3.8) is 0 Å². The van der Waals surface area contributed by atoms with Gasteiger partial charge in [0.1, 0.15) is 5.82 Å². The standard InChI is InChI=1S/C24H26FN5O3/c1-16-15-22(30-11-13-32-14-12-30)29-24(26-16)28-19-9-7-18(8-10-19)27-23(31)17(2)33-21-6-4-3-5-20(21)25/h3-10,15,17H,11-14H2,1-2H3,(H,27,31)(H,26,28,29)/t17-/m0/s1. The smallest absolute Gasteiger partial charge is 0.265 e. The molecule has 1 amide bonds. The highest BCUT2D eigenvalue weighted by Crippen LogP contribution is 2.21. The average molecular weight is 452 g/mol. The second-order valence-electron chi connectivity index (χ2n) is 7.67. The molecule has 4 rings (SSSR count). The molecule has 8 nitrogen and oxygen atoms in total. The van der Waals surface area contributed by atoms with Gasteiger partial charge in [-0.2, -0.15) is 4.98 Å². The molecule has 0 spiro atoms. The molecule has 33 heavy (non-hydrogen) atoms. The Morgan fingerprint density at radius 2 is 1.79 bits per heavy atom. The Morgan fingerprint density at radius 1 is 1.09 bits per heavy atom. The molecular formula is C24H26FN5O3. The Kier molecular flexibility index (Phi) is 6.99. The molecule has 172 valence electrons. The van der Waals surface area contributed by atoms with Gasteiger partial charge in [0.05, 0.1) is 13.2 Å². The van der Waals surface area contributed by atoms with E-state index in [1.54, 1.807) is 31.2 Å². The summed E-state index contributed by atoms with van der Waals surface area (Å²) >= 11 is 0. The van der Waals surface area contributed by atoms with Crippen molar-refractivity contribution < 1.29 is 18.7 Å². The molecule has 1 fully saturated rings. The molecule has 0 bridgehead atoms. The number of halogens is 1. The maximum absolute atomic E-state index is 13.7. The number of nitrogens with zero attached hydrogens (tertiary/aromatic N) is 3. The van der Waals surface area contributed by atoms with E-state index in [4.69, 9.17) is 9.47 Å². The number of hydrogen-bond donors (Lipinski definition) is 2. The fourth-order valence-electron chi connectivity index (χ4n) is 3.36. The van der Waals surface area contributed by atoms with E-state index in [0.717, 1.165) is 30.3 Å². The van der Waals surface area contributed by atoms with Gasteiger partial charge in [0.25, 0.3) is 5.91 Å². The highest BCUT2D eigenvalue weighted by Gasteiger charge is 2.17. The zero-order valence-electron chi connectivity index (χ0n) is 18.5. The lowest BCUT2D eigenvalue weighted by Crippen LogP contribution is -2.36. The maximum Gasteiger partial charge on any atom is 0.265 e. The van der Waals surface area contributed by atoms with Crippen molar-refractivity contribution in [1.29, 1.82) is 0 Å². The monoisotopic (exact) mass is 451 g/mol. The molecule has 1 aromatic heterocycles. The molecule has 9 heteroatoms. The van der Waals surface area contributed by atoms with Crippen LogP contribution in [0.25, 0.3) is 0 Å². The summed E-state index contributed by atoms with van der Waals surface area (Å²) in [7, 11) is 0. The van der Waals surface area contributed by atoms with Crippen molar-refractivity contribution in [2.45, 2.75) is 20.0 Å². The van der Waals surface area contributed by atoms with Crippen LogP contribution in [0, 0.1) is 12.7 Å². The van der Waals surface area contributed by atoms with E-state index in [-0.39, 0.29) is 11.7 Å². The van der Waals surface area contributed by atoms with Gasteiger partial charge in [-0.15, -0.1) is 0 Å². The first-order chi connectivity index (χ1) is 16.0. The average Bonchev–Trinajstić information content (AvgIpc) is 2.82. The topological polar surface area (TPSA) is 88.6 Å². The van der Waals surface area contributed by atoms with Crippen LogP contribution < -0.4 is 20.3 Å². The number of hydrogen-bond acceptors (Lipinski definition) is 7. The van der Waals surface area contributed by atoms with Gasteiger partial charge in [-0.25, -0.2) is 9.37 Å². The van der Waals surface area contributed by atoms with Crippen LogP contribution in [0.3, 0.4) is 0 Å². The summed E-state index contributed by atoms with van der Waals surface area (Å²) in [4.78, 5) is 23.7. The predicted octanol–water partition coefficient (Wildman–Crippen LogP) is 3.91. The Morgan fingerprint density at radius 3 is 2.52 bits per heavy atom. The second kappa shape index (κ2) is 10.3. The maximum atomic E-state index is 13.7. The number of aryl methyl sites for hydroxylation is 1. The molecule has 2 N–H and O–H groups in total. The van der Waals surface area contributed by atoms with Crippen molar-refractivity contribution in [3.8, 4) is 5.75 Å². The van der Waals surface area contributed by atoms with Crippen LogP contribution in [0.4, 0.5) is 27.5 Å². The third-order valence-corrected chi connectivity index (χ3v) is 5.09. The van der Waals surface area contributed by atoms with Gasteiger partial charge < -0.3 is 25.0 Å². The number of benzene rings is 2. The molecule has 0 aliphatic carbocycles. The molecule has 1 aliphatic rings. The summed E-state index contributed by atoms with van der Waals surface area (Å²) in [6.45, 7) is 6.46. The highest BCUT2D eigenvalue weighted by molar-refractivity contribution is 5.94. The van der Waals surface area contributed by atoms with Crippen LogP contribution in [0.1, 0.15) is 12.6 Å². The van der Waals surface area contributed by atoms with Crippen LogP contribution >= 0.6 is 0 Å². The van der Waals surface area contributed by atoms with Crippen LogP contribution in [-0.2, 0) is 9.53 Å². The summed E-state index contributed by atoms with van der Waals surface area (Å²) in [6.07, 6.45) is -0.862. The van der Waals surface area contributed by atoms with Crippen molar-refractivity contribution >= 4 is 29.0 Å². The first-order valence-corrected chi connectivity index (χ1v) is 10.8. The van der Waals surface area contributed by atoms with Gasteiger partial charge in [0.15, 0.2) is 17.7 Å². The molecule has 0 saturated carbocycles. The van der Waals surface area contributed by atoms with Gasteiger partial charge in [0, 0.05) is 36.2 Å². The summed E-state index contributed by atoms with van der Waals surface area (Å²) in [6, 6.07) is 15.1. The molecule has 1 aliphatic heterocycles. The van der Waals surface area contributed by atoms with E-state index in [9.17, 15) is 9.18 Å². The first kappa shape index (κ1) is 22.5. The molecule has 0 unspecified atom stereocenters. The fraction of sp³-hybridized carbons (Fsp3) is 0.292. The van der Waals surface area contributed by atoms with E-state index in [0.29, 0.717) is 24.8 Å². The number of carbonyl (C=O) groups is 1. The lowest BCUT2D eigenvalue weighted by molar-refractivity contribution is -0.122. The molecule has 1 saturated heterocycles. The number of ether oxygens (including phenoxy) is 2. The molecule has 0 radical (unpaired) electrons. The lowest BCUT2D eigenvalue weighted by atomic mass is 10.2. The van der Waals surface area contributed by atoms with Gasteiger partial charge in [-0.05, 0) is 50.2 Å². The zero-order valence-corrected chi connectivity index (χ0v) is 18.5. The number of anilines is 4. The van der Waals surface area contributed by atoms with E-state index < -0.39 is 11.9 Å². The van der Waals surface area contributed by atoms with E-state index >= 15 is 0 Å². The zero-order chi connectivity index (χ0) is 23.2. The summed E-state index contributed by atoms with van der Waals surface area (Å²) in [5.41, 5.74) is 2.23. The third-order valence-electron chi connectivity index (χ3n) is 5.09. The van der Waals surface area contributed by atoms with Gasteiger partial charge >= 0.3 is 0 Å². The Labute approximate surface area is 191 Å². The van der Waals surface area contributed by atoms with Crippen LogP contribution in [0.2, 0.25) is 0 Å². The minimum absolute atomic E-state index is 0.0364. The number of para-hydroxylation sites is 1. The Bertz CT molecular complexity index is 1100. The number of carbonyl (C=O) groups excluding carboxylic acids is 1. The highest BCUT2D eigenvalue weighted by atomic mass is 19.1. The minimum Gasteiger partial charge on any atom is -0.478 e. The third kappa shape index (κ3) is 5.95. The summed E-state index contributed by atoms with van der Waals surface area (Å²) < 4.78 is 24.6. The SMILES string of the molecule is Cc1cc(N2CCOCC2)nc(Nc2ccc(NC(=O)[C@H](C)Oc3ccccc3F)cc2)n1. The quantitative estimate of drug-likeness (QED) is 0.563. The molecular weight excluding hydrogens is 425 g/mol. The van der Waals surface area contributed by atoms with E-state index in [2.05, 4.69) is 25.5 Å². The lowest BCUT2D eigenvalue weighted by Gasteiger charge is -2.28. The van der Waals surface area contributed by atoms with Crippen molar-refractivity contribution in [2.75, 3.05) is 41.8 Å². The largest absolute Gasteiger partial charge is 0.478 e. The number of aromatic nitrogens is 2. The van der Waals surface area contributed by atoms with Crippen LogP contribution in [0.5, 0.6) is 5.75 Å². The molecule has 3 aromatic rings. The Hall–Kier alpha value is -3.72. The predicted molar refractivity (Wildman–Crippen MR) is 125 cm³/mol. The summed E-state index contributed by atoms with van der Waals surface area (Å²) in [5, 5.41) is 5.98. The number of nitrogens with one attached hydrogen (secondary N) is 2. The van der Waals surface area contributed by atoms with Crippen molar-refractivity contribution in [2.24, 2.45) is 0 Å².